The van der Waals surface area contributed by atoms with Gasteiger partial charge in [0.2, 0.25) is 5.78 Å². The number of aryl methyl sites for hydroxylation is 1. The Balaban J connectivity index is 1.64. The molecule has 1 saturated heterocycles. The number of fused-ring (bicyclic) bond motifs is 3. The van der Waals surface area contributed by atoms with Crippen LogP contribution in [-0.2, 0) is 13.1 Å². The van der Waals surface area contributed by atoms with Crippen LogP contribution in [0.3, 0.4) is 0 Å². The molecule has 1 aliphatic heterocycles. The van der Waals surface area contributed by atoms with E-state index in [-0.39, 0.29) is 5.56 Å². The molecule has 138 valence electrons. The molecule has 0 saturated carbocycles. The average Bonchev–Trinajstić information content (AvgIpc) is 3.43. The standard InChI is InChI=1S/C20H21N5OS/c1-2-24-19(26)14-7-3-4-8-15(14)25-18(21-22-20(24)25)13-23-11-5-9-16(23)17-10-6-12-27-17/h3-4,6-8,10,12,16H,2,5,9,11,13H2,1H3. The Morgan fingerprint density at radius 1 is 1.19 bits per heavy atom. The summed E-state index contributed by atoms with van der Waals surface area (Å²) < 4.78 is 3.77. The first-order chi connectivity index (χ1) is 13.3. The van der Waals surface area contributed by atoms with Crippen LogP contribution in [0.25, 0.3) is 16.7 Å². The molecule has 6 nitrogen and oxygen atoms in total. The summed E-state index contributed by atoms with van der Waals surface area (Å²) in [7, 11) is 0. The monoisotopic (exact) mass is 379 g/mol. The van der Waals surface area contributed by atoms with Gasteiger partial charge in [-0.25, -0.2) is 0 Å². The zero-order valence-corrected chi connectivity index (χ0v) is 16.0. The summed E-state index contributed by atoms with van der Waals surface area (Å²) in [5, 5.41) is 11.7. The summed E-state index contributed by atoms with van der Waals surface area (Å²) >= 11 is 1.82. The number of aromatic nitrogens is 4. The third kappa shape index (κ3) is 2.61. The third-order valence-electron chi connectivity index (χ3n) is 5.47. The molecule has 1 unspecified atom stereocenters. The van der Waals surface area contributed by atoms with E-state index in [4.69, 9.17) is 0 Å². The van der Waals surface area contributed by atoms with Crippen LogP contribution < -0.4 is 5.56 Å². The van der Waals surface area contributed by atoms with Gasteiger partial charge in [0.15, 0.2) is 5.82 Å². The summed E-state index contributed by atoms with van der Waals surface area (Å²) in [6, 6.07) is 12.5. The second-order valence-electron chi connectivity index (χ2n) is 6.96. The van der Waals surface area contributed by atoms with Crippen molar-refractivity contribution in [2.75, 3.05) is 6.54 Å². The van der Waals surface area contributed by atoms with Gasteiger partial charge in [-0.15, -0.1) is 21.5 Å². The molecule has 5 rings (SSSR count). The van der Waals surface area contributed by atoms with E-state index in [2.05, 4.69) is 37.0 Å². The lowest BCUT2D eigenvalue weighted by Gasteiger charge is -2.22. The second-order valence-corrected chi connectivity index (χ2v) is 7.94. The van der Waals surface area contributed by atoms with Gasteiger partial charge in [-0.05, 0) is 49.9 Å². The van der Waals surface area contributed by atoms with Crippen molar-refractivity contribution >= 4 is 28.0 Å². The fourth-order valence-electron chi connectivity index (χ4n) is 4.20. The van der Waals surface area contributed by atoms with Gasteiger partial charge < -0.3 is 0 Å². The van der Waals surface area contributed by atoms with Crippen LogP contribution in [0.1, 0.15) is 36.5 Å². The highest BCUT2D eigenvalue weighted by atomic mass is 32.1. The van der Waals surface area contributed by atoms with Crippen molar-refractivity contribution in [1.29, 1.82) is 0 Å². The Morgan fingerprint density at radius 2 is 2.07 bits per heavy atom. The topological polar surface area (TPSA) is 55.4 Å². The first-order valence-corrected chi connectivity index (χ1v) is 10.3. The van der Waals surface area contributed by atoms with Crippen LogP contribution in [0.2, 0.25) is 0 Å². The summed E-state index contributed by atoms with van der Waals surface area (Å²) in [6.45, 7) is 4.34. The molecule has 0 N–H and O–H groups in total. The molecule has 0 amide bonds. The summed E-state index contributed by atoms with van der Waals surface area (Å²) in [5.74, 6) is 1.52. The van der Waals surface area contributed by atoms with Crippen molar-refractivity contribution in [2.24, 2.45) is 0 Å². The van der Waals surface area contributed by atoms with E-state index in [0.717, 1.165) is 24.4 Å². The van der Waals surface area contributed by atoms with Crippen molar-refractivity contribution in [3.05, 3.63) is 62.8 Å². The van der Waals surface area contributed by atoms with Crippen molar-refractivity contribution in [3.63, 3.8) is 0 Å². The second kappa shape index (κ2) is 6.58. The Labute approximate surface area is 160 Å². The minimum absolute atomic E-state index is 0.00261. The van der Waals surface area contributed by atoms with Crippen molar-refractivity contribution in [3.8, 4) is 0 Å². The number of likely N-dealkylation sites (tertiary alicyclic amines) is 1. The summed E-state index contributed by atoms with van der Waals surface area (Å²) in [4.78, 5) is 16.7. The average molecular weight is 379 g/mol. The maximum absolute atomic E-state index is 12.8. The highest BCUT2D eigenvalue weighted by molar-refractivity contribution is 7.10. The SMILES string of the molecule is CCn1c(=O)c2ccccc2n2c(CN3CCCC3c3cccs3)nnc12. The normalized spacial score (nSPS) is 18.0. The first kappa shape index (κ1) is 16.6. The molecule has 1 aliphatic rings. The molecule has 3 aromatic heterocycles. The van der Waals surface area contributed by atoms with Crippen LogP contribution in [0.4, 0.5) is 0 Å². The molecule has 0 aliphatic carbocycles. The lowest BCUT2D eigenvalue weighted by atomic mass is 10.2. The molecule has 1 aromatic carbocycles. The van der Waals surface area contributed by atoms with Crippen LogP contribution in [0.15, 0.2) is 46.6 Å². The maximum atomic E-state index is 12.8. The van der Waals surface area contributed by atoms with Crippen LogP contribution in [0, 0.1) is 0 Å². The molecular formula is C20H21N5OS. The Kier molecular flexibility index (Phi) is 4.06. The van der Waals surface area contributed by atoms with Gasteiger partial charge in [-0.3, -0.25) is 18.7 Å². The Bertz CT molecular complexity index is 1160. The number of para-hydroxylation sites is 1. The first-order valence-electron chi connectivity index (χ1n) is 9.41. The lowest BCUT2D eigenvalue weighted by Crippen LogP contribution is -2.25. The highest BCUT2D eigenvalue weighted by Gasteiger charge is 2.28. The number of hydrogen-bond donors (Lipinski definition) is 0. The van der Waals surface area contributed by atoms with Crippen molar-refractivity contribution in [1.82, 2.24) is 24.1 Å². The molecule has 0 radical (unpaired) electrons. The molecule has 27 heavy (non-hydrogen) atoms. The number of rotatable bonds is 4. The van der Waals surface area contributed by atoms with Gasteiger partial charge in [0.05, 0.1) is 17.4 Å². The maximum Gasteiger partial charge on any atom is 0.262 e. The minimum atomic E-state index is -0.00261. The van der Waals surface area contributed by atoms with E-state index in [9.17, 15) is 4.79 Å². The van der Waals surface area contributed by atoms with Crippen LogP contribution in [0.5, 0.6) is 0 Å². The van der Waals surface area contributed by atoms with Crippen LogP contribution >= 0.6 is 11.3 Å². The van der Waals surface area contributed by atoms with E-state index in [1.54, 1.807) is 4.57 Å². The van der Waals surface area contributed by atoms with Crippen molar-refractivity contribution in [2.45, 2.75) is 38.9 Å². The van der Waals surface area contributed by atoms with E-state index >= 15 is 0 Å². The highest BCUT2D eigenvalue weighted by Crippen LogP contribution is 2.35. The van der Waals surface area contributed by atoms with Gasteiger partial charge in [0.1, 0.15) is 0 Å². The Hall–Kier alpha value is -2.51. The fraction of sp³-hybridized carbons (Fsp3) is 0.350. The summed E-state index contributed by atoms with van der Waals surface area (Å²) in [5.41, 5.74) is 0.881. The lowest BCUT2D eigenvalue weighted by molar-refractivity contribution is 0.244. The van der Waals surface area contributed by atoms with E-state index in [0.29, 0.717) is 23.8 Å². The van der Waals surface area contributed by atoms with Gasteiger partial charge in [-0.2, -0.15) is 0 Å². The van der Waals surface area contributed by atoms with E-state index in [1.807, 2.05) is 42.5 Å². The molecular weight excluding hydrogens is 358 g/mol. The number of hydrogen-bond acceptors (Lipinski definition) is 5. The van der Waals surface area contributed by atoms with Gasteiger partial charge >= 0.3 is 0 Å². The number of benzene rings is 1. The molecule has 4 heterocycles. The zero-order chi connectivity index (χ0) is 18.4. The summed E-state index contributed by atoms with van der Waals surface area (Å²) in [6.07, 6.45) is 2.37. The molecule has 0 spiro atoms. The van der Waals surface area contributed by atoms with Gasteiger partial charge in [-0.1, -0.05) is 18.2 Å². The molecule has 1 atom stereocenters. The van der Waals surface area contributed by atoms with Gasteiger partial charge in [0.25, 0.3) is 5.56 Å². The van der Waals surface area contributed by atoms with Crippen LogP contribution in [-0.4, -0.2) is 30.6 Å². The number of nitrogens with zero attached hydrogens (tertiary/aromatic N) is 5. The predicted molar refractivity (Wildman–Crippen MR) is 107 cm³/mol. The third-order valence-corrected chi connectivity index (χ3v) is 6.44. The van der Waals surface area contributed by atoms with Crippen molar-refractivity contribution < 1.29 is 0 Å². The number of thiophene rings is 1. The minimum Gasteiger partial charge on any atom is -0.288 e. The Morgan fingerprint density at radius 3 is 2.89 bits per heavy atom. The zero-order valence-electron chi connectivity index (χ0n) is 15.2. The molecule has 7 heteroatoms. The molecule has 1 fully saturated rings. The fourth-order valence-corrected chi connectivity index (χ4v) is 5.10. The largest absolute Gasteiger partial charge is 0.288 e. The molecule has 4 aromatic rings. The molecule has 0 bridgehead atoms. The smallest absolute Gasteiger partial charge is 0.262 e. The van der Waals surface area contributed by atoms with E-state index in [1.165, 1.54) is 17.7 Å². The quantitative estimate of drug-likeness (QED) is 0.545. The van der Waals surface area contributed by atoms with Gasteiger partial charge in [0, 0.05) is 17.5 Å². The van der Waals surface area contributed by atoms with E-state index < -0.39 is 0 Å². The predicted octanol–water partition coefficient (Wildman–Crippen LogP) is 3.46.